The number of phenols is 1. The molecule has 3 amide bonds. The number of imide groups is 1. The van der Waals surface area contributed by atoms with Crippen LogP contribution in [0.15, 0.2) is 60.7 Å². The van der Waals surface area contributed by atoms with E-state index in [4.69, 9.17) is 4.74 Å². The lowest BCUT2D eigenvalue weighted by Gasteiger charge is -2.50. The second-order valence-corrected chi connectivity index (χ2v) is 16.7. The number of carbonyl (C=O) groups excluding carboxylic acids is 3. The van der Waals surface area contributed by atoms with E-state index < -0.39 is 6.04 Å². The van der Waals surface area contributed by atoms with Crippen LogP contribution in [0, 0.1) is 5.92 Å². The van der Waals surface area contributed by atoms with Gasteiger partial charge in [-0.25, -0.2) is 0 Å². The number of piperidine rings is 2. The molecule has 0 bridgehead atoms. The fraction of sp³-hybridized carbons (Fsp3) is 0.523. The average Bonchev–Trinajstić information content (AvgIpc) is 3.51. The van der Waals surface area contributed by atoms with Gasteiger partial charge in [-0.3, -0.25) is 24.6 Å². The smallest absolute Gasteiger partial charge is 0.255 e. The molecular formula is C44H53N5O5. The Morgan fingerprint density at radius 3 is 2.26 bits per heavy atom. The fourth-order valence-corrected chi connectivity index (χ4v) is 10.5. The molecule has 6 aliphatic rings. The summed E-state index contributed by atoms with van der Waals surface area (Å²) in [5.74, 6) is 0.415. The van der Waals surface area contributed by atoms with E-state index in [1.165, 1.54) is 48.9 Å². The molecule has 2 N–H and O–H groups in total. The minimum atomic E-state index is -0.585. The number of piperazine rings is 1. The van der Waals surface area contributed by atoms with Gasteiger partial charge >= 0.3 is 0 Å². The van der Waals surface area contributed by atoms with Gasteiger partial charge in [0.1, 0.15) is 11.8 Å². The molecule has 3 aromatic carbocycles. The van der Waals surface area contributed by atoms with Gasteiger partial charge in [0.25, 0.3) is 5.91 Å². The lowest BCUT2D eigenvalue weighted by Crippen LogP contribution is -2.52. The lowest BCUT2D eigenvalue weighted by atomic mass is 9.67. The van der Waals surface area contributed by atoms with Crippen molar-refractivity contribution in [1.29, 1.82) is 0 Å². The molecule has 1 spiro atoms. The summed E-state index contributed by atoms with van der Waals surface area (Å²) in [4.78, 5) is 46.5. The van der Waals surface area contributed by atoms with Crippen LogP contribution in [0.5, 0.6) is 5.75 Å². The van der Waals surface area contributed by atoms with Crippen molar-refractivity contribution in [3.8, 4) is 5.75 Å². The van der Waals surface area contributed by atoms with Gasteiger partial charge in [-0.2, -0.15) is 0 Å². The molecule has 1 aliphatic carbocycles. The summed E-state index contributed by atoms with van der Waals surface area (Å²) < 4.78 is 6.90. The highest BCUT2D eigenvalue weighted by atomic mass is 16.5. The van der Waals surface area contributed by atoms with E-state index >= 15 is 0 Å². The minimum Gasteiger partial charge on any atom is -0.508 e. The molecule has 4 fully saturated rings. The molecule has 54 heavy (non-hydrogen) atoms. The van der Waals surface area contributed by atoms with E-state index in [9.17, 15) is 19.5 Å². The van der Waals surface area contributed by atoms with Crippen molar-refractivity contribution in [2.45, 2.75) is 94.9 Å². The largest absolute Gasteiger partial charge is 0.508 e. The van der Waals surface area contributed by atoms with Gasteiger partial charge in [-0.15, -0.1) is 0 Å². The van der Waals surface area contributed by atoms with E-state index in [1.807, 2.05) is 24.3 Å². The van der Waals surface area contributed by atoms with Crippen molar-refractivity contribution in [1.82, 2.24) is 15.1 Å². The summed E-state index contributed by atoms with van der Waals surface area (Å²) in [5.41, 5.74) is 7.62. The molecule has 9 rings (SSSR count). The zero-order valence-corrected chi connectivity index (χ0v) is 31.5. The number of amides is 3. The maximum atomic E-state index is 13.2. The summed E-state index contributed by atoms with van der Waals surface area (Å²) in [6.45, 7) is 9.78. The van der Waals surface area contributed by atoms with Crippen LogP contribution in [-0.2, 0) is 20.9 Å². The van der Waals surface area contributed by atoms with Gasteiger partial charge in [-0.1, -0.05) is 37.5 Å². The first-order valence-corrected chi connectivity index (χ1v) is 20.4. The molecule has 0 radical (unpaired) electrons. The van der Waals surface area contributed by atoms with Crippen molar-refractivity contribution in [2.75, 3.05) is 55.6 Å². The number of benzene rings is 3. The number of ether oxygens (including phenoxy) is 1. The summed E-state index contributed by atoms with van der Waals surface area (Å²) in [6, 6.07) is 20.7. The average molecular weight is 732 g/mol. The zero-order chi connectivity index (χ0) is 37.0. The number of nitrogens with one attached hydrogen (secondary N) is 1. The molecule has 5 heterocycles. The third kappa shape index (κ3) is 6.55. The van der Waals surface area contributed by atoms with Crippen molar-refractivity contribution >= 4 is 29.1 Å². The van der Waals surface area contributed by atoms with Crippen molar-refractivity contribution in [3.63, 3.8) is 0 Å². The first kappa shape index (κ1) is 35.3. The number of fused-ring (bicyclic) bond motifs is 2. The van der Waals surface area contributed by atoms with Crippen LogP contribution < -0.4 is 15.1 Å². The quantitative estimate of drug-likeness (QED) is 0.293. The summed E-state index contributed by atoms with van der Waals surface area (Å²) in [6.07, 6.45) is 8.84. The van der Waals surface area contributed by atoms with E-state index in [2.05, 4.69) is 63.3 Å². The van der Waals surface area contributed by atoms with Gasteiger partial charge in [0.2, 0.25) is 11.8 Å². The maximum absolute atomic E-state index is 13.2. The van der Waals surface area contributed by atoms with E-state index in [0.717, 1.165) is 75.5 Å². The normalized spacial score (nSPS) is 26.2. The number of rotatable bonds is 6. The fourth-order valence-electron chi connectivity index (χ4n) is 10.5. The first-order valence-electron chi connectivity index (χ1n) is 20.4. The SMILES string of the molecule is C[C@H]1OC2(CCCCC2)[C@@H](c2ccc(N3CCC(CN4CCN(c5ccc6c(c5)CN([C@H]5CCC(=O)NC5=O)C6=O)CC4)CC3)cc2)c2ccc(O)cc21. The van der Waals surface area contributed by atoms with Crippen molar-refractivity contribution < 1.29 is 24.2 Å². The molecule has 10 nitrogen and oxygen atoms in total. The van der Waals surface area contributed by atoms with Crippen LogP contribution in [0.3, 0.4) is 0 Å². The predicted molar refractivity (Wildman–Crippen MR) is 208 cm³/mol. The van der Waals surface area contributed by atoms with Crippen molar-refractivity contribution in [3.05, 3.63) is 88.5 Å². The summed E-state index contributed by atoms with van der Waals surface area (Å²) in [5, 5.41) is 12.7. The number of nitrogens with zero attached hydrogens (tertiary/aromatic N) is 4. The van der Waals surface area contributed by atoms with Crippen LogP contribution in [0.25, 0.3) is 0 Å². The second-order valence-electron chi connectivity index (χ2n) is 16.7. The number of hydrogen-bond acceptors (Lipinski definition) is 8. The number of phenolic OH excluding ortho intramolecular Hbond substituents is 1. The molecule has 10 heteroatoms. The highest BCUT2D eigenvalue weighted by Gasteiger charge is 2.48. The molecule has 0 aromatic heterocycles. The van der Waals surface area contributed by atoms with Gasteiger partial charge in [-0.05, 0) is 110 Å². The molecule has 1 saturated carbocycles. The molecule has 0 unspecified atom stereocenters. The standard InChI is InChI=1S/C44H53N5O5/c1-29-38-26-35(50)10-12-37(38)41(44(54-29)17-3-2-4-18-44)31-5-7-33(8-6-31)47-19-15-30(16-20-47)27-46-21-23-48(24-22-46)34-9-11-36-32(25-34)28-49(43(36)53)39-13-14-40(51)45-42(39)52/h5-12,25-26,29-30,39,41,50H,2-4,13-24,27-28H2,1H3,(H,45,51,52)/t29-,39+,41+/m1/s1. The molecule has 5 aliphatic heterocycles. The monoisotopic (exact) mass is 731 g/mol. The molecular weight excluding hydrogens is 679 g/mol. The predicted octanol–water partition coefficient (Wildman–Crippen LogP) is 6.12. The number of anilines is 2. The Bertz CT molecular complexity index is 1910. The van der Waals surface area contributed by atoms with Crippen LogP contribution in [-0.4, -0.2) is 90.1 Å². The Kier molecular flexibility index (Phi) is 9.38. The molecule has 3 aromatic rings. The highest BCUT2D eigenvalue weighted by Crippen LogP contribution is 2.54. The molecule has 3 saturated heterocycles. The van der Waals surface area contributed by atoms with Crippen LogP contribution in [0.2, 0.25) is 0 Å². The number of carbonyl (C=O) groups is 3. The number of hydrogen-bond donors (Lipinski definition) is 2. The second kappa shape index (κ2) is 14.3. The van der Waals surface area contributed by atoms with Gasteiger partial charge < -0.3 is 24.5 Å². The van der Waals surface area contributed by atoms with Crippen LogP contribution in [0.1, 0.15) is 109 Å². The van der Waals surface area contributed by atoms with E-state index in [-0.39, 0.29) is 41.8 Å². The minimum absolute atomic E-state index is 0.0229. The Morgan fingerprint density at radius 2 is 1.52 bits per heavy atom. The third-order valence-electron chi connectivity index (χ3n) is 13.4. The summed E-state index contributed by atoms with van der Waals surface area (Å²) in [7, 11) is 0. The Hall–Kier alpha value is -4.41. The summed E-state index contributed by atoms with van der Waals surface area (Å²) >= 11 is 0. The topological polar surface area (TPSA) is 106 Å². The molecule has 3 atom stereocenters. The molecule has 284 valence electrons. The van der Waals surface area contributed by atoms with E-state index in [1.54, 1.807) is 4.90 Å². The lowest BCUT2D eigenvalue weighted by molar-refractivity contribution is -0.137. The van der Waals surface area contributed by atoms with Gasteiger partial charge in [0.15, 0.2) is 0 Å². The first-order chi connectivity index (χ1) is 26.2. The number of aromatic hydroxyl groups is 1. The third-order valence-corrected chi connectivity index (χ3v) is 13.4. The van der Waals surface area contributed by atoms with Crippen LogP contribution in [0.4, 0.5) is 11.4 Å². The zero-order valence-electron chi connectivity index (χ0n) is 31.5. The van der Waals surface area contributed by atoms with Crippen molar-refractivity contribution in [2.24, 2.45) is 5.92 Å². The van der Waals surface area contributed by atoms with E-state index in [0.29, 0.717) is 30.2 Å². The Morgan fingerprint density at radius 1 is 0.796 bits per heavy atom. The van der Waals surface area contributed by atoms with Gasteiger partial charge in [0.05, 0.1) is 11.7 Å². The van der Waals surface area contributed by atoms with Crippen LogP contribution >= 0.6 is 0 Å². The maximum Gasteiger partial charge on any atom is 0.255 e. The Labute approximate surface area is 318 Å². The Balaban J connectivity index is 0.782. The van der Waals surface area contributed by atoms with Gasteiger partial charge in [0, 0.05) is 81.6 Å². The highest BCUT2D eigenvalue weighted by molar-refractivity contribution is 6.05.